The number of pyridine rings is 1. The SMILES string of the molecule is CCCCc1cc(CNCCCOc2ccncc2)cc(C(C)(C)C)c1O. The van der Waals surface area contributed by atoms with Gasteiger partial charge in [0.15, 0.2) is 0 Å². The summed E-state index contributed by atoms with van der Waals surface area (Å²) in [5.74, 6) is 1.34. The minimum atomic E-state index is -0.0700. The van der Waals surface area contributed by atoms with Crippen molar-refractivity contribution in [2.75, 3.05) is 13.2 Å². The van der Waals surface area contributed by atoms with Crippen LogP contribution in [0.25, 0.3) is 0 Å². The smallest absolute Gasteiger partial charge is 0.122 e. The van der Waals surface area contributed by atoms with E-state index in [4.69, 9.17) is 4.74 Å². The van der Waals surface area contributed by atoms with Gasteiger partial charge in [-0.05, 0) is 60.0 Å². The fourth-order valence-electron chi connectivity index (χ4n) is 3.05. The summed E-state index contributed by atoms with van der Waals surface area (Å²) in [7, 11) is 0. The first-order valence-electron chi connectivity index (χ1n) is 10.0. The van der Waals surface area contributed by atoms with Crippen molar-refractivity contribution in [3.8, 4) is 11.5 Å². The van der Waals surface area contributed by atoms with Gasteiger partial charge in [0, 0.05) is 18.9 Å². The molecule has 2 aromatic rings. The fraction of sp³-hybridized carbons (Fsp3) is 0.522. The molecule has 0 aliphatic heterocycles. The normalized spacial score (nSPS) is 11.6. The molecule has 0 aliphatic rings. The molecule has 27 heavy (non-hydrogen) atoms. The van der Waals surface area contributed by atoms with E-state index in [1.807, 2.05) is 12.1 Å². The van der Waals surface area contributed by atoms with Gasteiger partial charge in [-0.1, -0.05) is 46.2 Å². The quantitative estimate of drug-likeness (QED) is 0.579. The molecular weight excluding hydrogens is 336 g/mol. The number of benzene rings is 1. The highest BCUT2D eigenvalue weighted by atomic mass is 16.5. The molecule has 0 saturated carbocycles. The van der Waals surface area contributed by atoms with E-state index in [1.54, 1.807) is 12.4 Å². The van der Waals surface area contributed by atoms with Gasteiger partial charge in [0.2, 0.25) is 0 Å². The number of phenols is 1. The molecule has 0 fully saturated rings. The van der Waals surface area contributed by atoms with Gasteiger partial charge in [-0.3, -0.25) is 4.98 Å². The molecule has 0 spiro atoms. The van der Waals surface area contributed by atoms with Crippen LogP contribution in [0.2, 0.25) is 0 Å². The Labute approximate surface area is 164 Å². The van der Waals surface area contributed by atoms with E-state index in [1.165, 1.54) is 5.56 Å². The molecule has 2 rings (SSSR count). The van der Waals surface area contributed by atoms with Crippen LogP contribution in [0.5, 0.6) is 11.5 Å². The number of aromatic hydroxyl groups is 1. The second kappa shape index (κ2) is 10.3. The second-order valence-corrected chi connectivity index (χ2v) is 8.07. The molecule has 0 saturated heterocycles. The lowest BCUT2D eigenvalue weighted by Crippen LogP contribution is -2.19. The van der Waals surface area contributed by atoms with Gasteiger partial charge >= 0.3 is 0 Å². The highest BCUT2D eigenvalue weighted by Crippen LogP contribution is 2.35. The van der Waals surface area contributed by atoms with Crippen LogP contribution in [0.1, 0.15) is 63.6 Å². The lowest BCUT2D eigenvalue weighted by atomic mass is 9.83. The summed E-state index contributed by atoms with van der Waals surface area (Å²) in [5.41, 5.74) is 3.27. The first kappa shape index (κ1) is 21.2. The minimum Gasteiger partial charge on any atom is -0.507 e. The summed E-state index contributed by atoms with van der Waals surface area (Å²) in [6, 6.07) is 8.04. The van der Waals surface area contributed by atoms with Crippen LogP contribution in [0.15, 0.2) is 36.7 Å². The first-order valence-corrected chi connectivity index (χ1v) is 10.0. The first-order chi connectivity index (χ1) is 12.9. The molecule has 4 heteroatoms. The molecule has 0 unspecified atom stereocenters. The number of ether oxygens (including phenoxy) is 1. The molecule has 2 N–H and O–H groups in total. The van der Waals surface area contributed by atoms with E-state index in [9.17, 15) is 5.11 Å². The standard InChI is InChI=1S/C23H34N2O2/c1-5-6-8-19-15-18(16-21(22(19)26)23(2,3)4)17-25-11-7-14-27-20-9-12-24-13-10-20/h9-10,12-13,15-16,25-26H,5-8,11,14,17H2,1-4H3. The number of nitrogens with one attached hydrogen (secondary N) is 1. The van der Waals surface area contributed by atoms with Gasteiger partial charge in [-0.15, -0.1) is 0 Å². The maximum Gasteiger partial charge on any atom is 0.122 e. The van der Waals surface area contributed by atoms with Gasteiger partial charge in [0.25, 0.3) is 0 Å². The number of nitrogens with zero attached hydrogens (tertiary/aromatic N) is 1. The topological polar surface area (TPSA) is 54.4 Å². The molecule has 0 aliphatic carbocycles. The Hall–Kier alpha value is -2.07. The molecule has 0 atom stereocenters. The third-order valence-corrected chi connectivity index (χ3v) is 4.60. The number of rotatable bonds is 10. The average molecular weight is 371 g/mol. The number of aryl methyl sites for hydroxylation is 1. The zero-order valence-electron chi connectivity index (χ0n) is 17.2. The number of aromatic nitrogens is 1. The molecule has 1 heterocycles. The third-order valence-electron chi connectivity index (χ3n) is 4.60. The van der Waals surface area contributed by atoms with Gasteiger partial charge in [0.1, 0.15) is 11.5 Å². The predicted octanol–water partition coefficient (Wildman–Crippen LogP) is 4.99. The Balaban J connectivity index is 1.89. The maximum atomic E-state index is 10.7. The second-order valence-electron chi connectivity index (χ2n) is 8.07. The van der Waals surface area contributed by atoms with Crippen LogP contribution in [0.3, 0.4) is 0 Å². The summed E-state index contributed by atoms with van der Waals surface area (Å²) in [6.07, 6.45) is 7.57. The van der Waals surface area contributed by atoms with Gasteiger partial charge in [0.05, 0.1) is 6.61 Å². The number of hydrogen-bond donors (Lipinski definition) is 2. The molecule has 4 nitrogen and oxygen atoms in total. The van der Waals surface area contributed by atoms with Crippen molar-refractivity contribution in [3.63, 3.8) is 0 Å². The Morgan fingerprint density at radius 1 is 1.11 bits per heavy atom. The Kier molecular flexibility index (Phi) is 8.11. The van der Waals surface area contributed by atoms with Crippen molar-refractivity contribution in [2.24, 2.45) is 0 Å². The summed E-state index contributed by atoms with van der Waals surface area (Å²) in [4.78, 5) is 3.98. The molecule has 1 aromatic carbocycles. The highest BCUT2D eigenvalue weighted by Gasteiger charge is 2.21. The van der Waals surface area contributed by atoms with E-state index in [0.717, 1.165) is 55.6 Å². The largest absolute Gasteiger partial charge is 0.507 e. The minimum absolute atomic E-state index is 0.0700. The van der Waals surface area contributed by atoms with Crippen LogP contribution in [-0.4, -0.2) is 23.2 Å². The summed E-state index contributed by atoms with van der Waals surface area (Å²) >= 11 is 0. The maximum absolute atomic E-state index is 10.7. The number of hydrogen-bond acceptors (Lipinski definition) is 4. The zero-order chi connectivity index (χ0) is 19.7. The Bertz CT molecular complexity index is 694. The lowest BCUT2D eigenvalue weighted by molar-refractivity contribution is 0.307. The van der Waals surface area contributed by atoms with Gasteiger partial charge < -0.3 is 15.2 Å². The van der Waals surface area contributed by atoms with Crippen molar-refractivity contribution >= 4 is 0 Å². The highest BCUT2D eigenvalue weighted by molar-refractivity contribution is 5.47. The van der Waals surface area contributed by atoms with Crippen LogP contribution in [-0.2, 0) is 18.4 Å². The van der Waals surface area contributed by atoms with Crippen molar-refractivity contribution in [3.05, 3.63) is 53.3 Å². The molecule has 0 bridgehead atoms. The monoisotopic (exact) mass is 370 g/mol. The summed E-state index contributed by atoms with van der Waals surface area (Å²) < 4.78 is 5.69. The summed E-state index contributed by atoms with van der Waals surface area (Å²) in [6.45, 7) is 11.0. The number of unbranched alkanes of at least 4 members (excludes halogenated alkanes) is 1. The fourth-order valence-corrected chi connectivity index (χ4v) is 3.05. The lowest BCUT2D eigenvalue weighted by Gasteiger charge is -2.23. The molecular formula is C23H34N2O2. The molecule has 0 amide bonds. The van der Waals surface area contributed by atoms with E-state index in [2.05, 4.69) is 50.1 Å². The van der Waals surface area contributed by atoms with Crippen molar-refractivity contribution in [1.82, 2.24) is 10.3 Å². The van der Waals surface area contributed by atoms with Gasteiger partial charge in [-0.25, -0.2) is 0 Å². The summed E-state index contributed by atoms with van der Waals surface area (Å²) in [5, 5.41) is 14.2. The van der Waals surface area contributed by atoms with Crippen LogP contribution in [0, 0.1) is 0 Å². The Morgan fingerprint density at radius 3 is 2.52 bits per heavy atom. The van der Waals surface area contributed by atoms with Crippen molar-refractivity contribution in [2.45, 2.75) is 65.3 Å². The van der Waals surface area contributed by atoms with E-state index >= 15 is 0 Å². The average Bonchev–Trinajstić information content (AvgIpc) is 2.64. The van der Waals surface area contributed by atoms with Crippen molar-refractivity contribution < 1.29 is 9.84 Å². The van der Waals surface area contributed by atoms with Crippen molar-refractivity contribution in [1.29, 1.82) is 0 Å². The van der Waals surface area contributed by atoms with Crippen LogP contribution in [0.4, 0.5) is 0 Å². The third kappa shape index (κ3) is 6.87. The molecule has 148 valence electrons. The van der Waals surface area contributed by atoms with E-state index in [0.29, 0.717) is 12.4 Å². The van der Waals surface area contributed by atoms with Crippen LogP contribution >= 0.6 is 0 Å². The molecule has 0 radical (unpaired) electrons. The molecule has 1 aromatic heterocycles. The van der Waals surface area contributed by atoms with Crippen LogP contribution < -0.4 is 10.1 Å². The Morgan fingerprint density at radius 2 is 1.85 bits per heavy atom. The van der Waals surface area contributed by atoms with E-state index in [-0.39, 0.29) is 5.41 Å². The van der Waals surface area contributed by atoms with Gasteiger partial charge in [-0.2, -0.15) is 0 Å². The van der Waals surface area contributed by atoms with E-state index < -0.39 is 0 Å². The number of phenolic OH excluding ortho intramolecular Hbond substituents is 1. The zero-order valence-corrected chi connectivity index (χ0v) is 17.2. The predicted molar refractivity (Wildman–Crippen MR) is 111 cm³/mol.